The topological polar surface area (TPSA) is 137 Å². The van der Waals surface area contributed by atoms with E-state index in [4.69, 9.17) is 20.4 Å². The molecule has 0 spiro atoms. The van der Waals surface area contributed by atoms with E-state index in [0.29, 0.717) is 43.9 Å². The number of anilines is 2. The monoisotopic (exact) mass is 563 g/mol. The third-order valence-corrected chi connectivity index (χ3v) is 8.84. The minimum atomic E-state index is -0.268. The summed E-state index contributed by atoms with van der Waals surface area (Å²) in [5.41, 5.74) is 11.5. The van der Waals surface area contributed by atoms with Gasteiger partial charge in [0.2, 0.25) is 11.9 Å². The van der Waals surface area contributed by atoms with E-state index in [9.17, 15) is 10.1 Å². The lowest BCUT2D eigenvalue weighted by atomic mass is 10.1. The molecule has 42 heavy (non-hydrogen) atoms. The average Bonchev–Trinajstić information content (AvgIpc) is 3.62. The fourth-order valence-corrected chi connectivity index (χ4v) is 6.64. The smallest absolute Gasteiger partial charge is 0.324 e. The standard InChI is InChI=1S/C31H33N9O2/c1-2-27(41)40-14-13-38(16-21(40)11-12-32)29-23-17-39(25-10-9-19-5-3-4-6-22(19)25)18-24(23)35-31(37-29)42-26-15-34-30(33)36-28(26)20-7-8-20/h2-6,15,20-21,25H,1,7-11,13-14,16-18H2,(H2,33,34,36)/t21-,25?/m0/s1. The number of nitrogen functional groups attached to an aromatic ring is 1. The quantitative estimate of drug-likeness (QED) is 0.424. The van der Waals surface area contributed by atoms with Crippen molar-refractivity contribution in [1.29, 1.82) is 5.26 Å². The molecule has 2 N–H and O–H groups in total. The lowest BCUT2D eigenvalue weighted by Crippen LogP contribution is -2.55. The Labute approximate surface area is 244 Å². The molecule has 3 aromatic rings. The predicted octanol–water partition coefficient (Wildman–Crippen LogP) is 3.64. The highest BCUT2D eigenvalue weighted by Gasteiger charge is 2.38. The first kappa shape index (κ1) is 26.3. The molecule has 1 aromatic carbocycles. The number of amides is 1. The van der Waals surface area contributed by atoms with Gasteiger partial charge < -0.3 is 20.3 Å². The first-order valence-electron chi connectivity index (χ1n) is 14.6. The number of nitrogens with two attached hydrogens (primary N) is 1. The van der Waals surface area contributed by atoms with Crippen molar-refractivity contribution in [2.75, 3.05) is 30.3 Å². The molecule has 1 saturated heterocycles. The number of benzene rings is 1. The Bertz CT molecular complexity index is 1600. The summed E-state index contributed by atoms with van der Waals surface area (Å²) in [4.78, 5) is 37.5. The maximum atomic E-state index is 12.6. The van der Waals surface area contributed by atoms with E-state index >= 15 is 0 Å². The van der Waals surface area contributed by atoms with Gasteiger partial charge in [0.1, 0.15) is 5.82 Å². The minimum absolute atomic E-state index is 0.158. The molecule has 1 amide bonds. The molecule has 11 heteroatoms. The van der Waals surface area contributed by atoms with E-state index < -0.39 is 0 Å². The van der Waals surface area contributed by atoms with Crippen LogP contribution in [-0.4, -0.2) is 61.3 Å². The molecule has 1 unspecified atom stereocenters. The number of nitrogens with zero attached hydrogens (tertiary/aromatic N) is 8. The number of fused-ring (bicyclic) bond motifs is 2. The van der Waals surface area contributed by atoms with Crippen LogP contribution in [0.4, 0.5) is 11.8 Å². The van der Waals surface area contributed by atoms with Crippen molar-refractivity contribution in [2.45, 2.75) is 63.2 Å². The molecule has 2 fully saturated rings. The van der Waals surface area contributed by atoms with Gasteiger partial charge in [0, 0.05) is 50.2 Å². The van der Waals surface area contributed by atoms with Gasteiger partial charge in [0.05, 0.1) is 36.1 Å². The molecular formula is C31H33N9O2. The van der Waals surface area contributed by atoms with Crippen LogP contribution < -0.4 is 15.4 Å². The molecule has 214 valence electrons. The van der Waals surface area contributed by atoms with Crippen molar-refractivity contribution in [3.63, 3.8) is 0 Å². The molecule has 0 radical (unpaired) electrons. The molecule has 4 heterocycles. The summed E-state index contributed by atoms with van der Waals surface area (Å²) in [6.45, 7) is 6.59. The second-order valence-corrected chi connectivity index (χ2v) is 11.5. The third-order valence-electron chi connectivity index (χ3n) is 8.84. The number of nitriles is 1. The molecule has 2 atom stereocenters. The first-order chi connectivity index (χ1) is 20.5. The largest absolute Gasteiger partial charge is 0.421 e. The van der Waals surface area contributed by atoms with E-state index in [1.807, 2.05) is 0 Å². The summed E-state index contributed by atoms with van der Waals surface area (Å²) >= 11 is 0. The fraction of sp³-hybridized carbons (Fsp3) is 0.419. The molecule has 2 aliphatic carbocycles. The maximum absolute atomic E-state index is 12.6. The van der Waals surface area contributed by atoms with Crippen LogP contribution in [0.25, 0.3) is 0 Å². The number of piperazine rings is 1. The number of hydrogen-bond donors (Lipinski definition) is 1. The lowest BCUT2D eigenvalue weighted by Gasteiger charge is -2.41. The summed E-state index contributed by atoms with van der Waals surface area (Å²) in [7, 11) is 0. The third kappa shape index (κ3) is 4.81. The molecule has 2 aliphatic heterocycles. The molecular weight excluding hydrogens is 530 g/mol. The second kappa shape index (κ2) is 10.7. The number of hydrogen-bond acceptors (Lipinski definition) is 10. The molecule has 7 rings (SSSR count). The van der Waals surface area contributed by atoms with E-state index in [2.05, 4.69) is 56.7 Å². The Kier molecular flexibility index (Phi) is 6.70. The zero-order valence-electron chi connectivity index (χ0n) is 23.4. The SMILES string of the molecule is C=CC(=O)N1CCN(c2nc(Oc3cnc(N)nc3C3CC3)nc3c2CN(C2CCc4ccccc42)C3)C[C@@H]1CC#N. The van der Waals surface area contributed by atoms with Gasteiger partial charge in [-0.1, -0.05) is 30.8 Å². The van der Waals surface area contributed by atoms with Crippen molar-refractivity contribution < 1.29 is 9.53 Å². The van der Waals surface area contributed by atoms with E-state index in [1.54, 1.807) is 11.1 Å². The molecule has 4 aliphatic rings. The lowest BCUT2D eigenvalue weighted by molar-refractivity contribution is -0.128. The van der Waals surface area contributed by atoms with E-state index in [-0.39, 0.29) is 30.3 Å². The Morgan fingerprint density at radius 1 is 1.17 bits per heavy atom. The van der Waals surface area contributed by atoms with Crippen LogP contribution in [0.5, 0.6) is 11.8 Å². The van der Waals surface area contributed by atoms with Crippen molar-refractivity contribution >= 4 is 17.7 Å². The highest BCUT2D eigenvalue weighted by molar-refractivity contribution is 5.87. The van der Waals surface area contributed by atoms with Crippen LogP contribution in [-0.2, 0) is 24.3 Å². The van der Waals surface area contributed by atoms with Gasteiger partial charge in [-0.15, -0.1) is 0 Å². The van der Waals surface area contributed by atoms with Gasteiger partial charge in [-0.25, -0.2) is 9.97 Å². The number of ether oxygens (including phenoxy) is 1. The van der Waals surface area contributed by atoms with Crippen molar-refractivity contribution in [3.8, 4) is 17.8 Å². The first-order valence-corrected chi connectivity index (χ1v) is 14.6. The minimum Gasteiger partial charge on any atom is -0.421 e. The van der Waals surface area contributed by atoms with Crippen LogP contribution in [0.15, 0.2) is 43.1 Å². The van der Waals surface area contributed by atoms with Gasteiger partial charge in [0.15, 0.2) is 5.75 Å². The van der Waals surface area contributed by atoms with E-state index in [1.165, 1.54) is 17.2 Å². The maximum Gasteiger partial charge on any atom is 0.324 e. The van der Waals surface area contributed by atoms with Crippen LogP contribution in [0, 0.1) is 11.3 Å². The summed E-state index contributed by atoms with van der Waals surface area (Å²) in [6, 6.07) is 11.2. The Hall–Kier alpha value is -4.56. The van der Waals surface area contributed by atoms with E-state index in [0.717, 1.165) is 55.0 Å². The number of aromatic nitrogens is 4. The predicted molar refractivity (Wildman–Crippen MR) is 155 cm³/mol. The van der Waals surface area contributed by atoms with Gasteiger partial charge in [0.25, 0.3) is 0 Å². The summed E-state index contributed by atoms with van der Waals surface area (Å²) < 4.78 is 6.31. The summed E-state index contributed by atoms with van der Waals surface area (Å²) in [5, 5.41) is 9.54. The van der Waals surface area contributed by atoms with Gasteiger partial charge in [-0.05, 0) is 42.9 Å². The number of aryl methyl sites for hydroxylation is 1. The second-order valence-electron chi connectivity index (χ2n) is 11.5. The normalized spacial score (nSPS) is 21.5. The average molecular weight is 564 g/mol. The van der Waals surface area contributed by atoms with Crippen LogP contribution in [0.3, 0.4) is 0 Å². The zero-order chi connectivity index (χ0) is 28.8. The van der Waals surface area contributed by atoms with Gasteiger partial charge >= 0.3 is 6.01 Å². The van der Waals surface area contributed by atoms with Crippen molar-refractivity contribution in [2.24, 2.45) is 0 Å². The Morgan fingerprint density at radius 3 is 2.83 bits per heavy atom. The van der Waals surface area contributed by atoms with Gasteiger partial charge in [-0.2, -0.15) is 15.2 Å². The van der Waals surface area contributed by atoms with Crippen LogP contribution in [0.2, 0.25) is 0 Å². The molecule has 1 saturated carbocycles. The summed E-state index contributed by atoms with van der Waals surface area (Å²) in [6.07, 6.45) is 7.36. The highest BCUT2D eigenvalue weighted by atomic mass is 16.5. The fourth-order valence-electron chi connectivity index (χ4n) is 6.64. The molecule has 11 nitrogen and oxygen atoms in total. The van der Waals surface area contributed by atoms with Gasteiger partial charge in [-0.3, -0.25) is 9.69 Å². The number of carbonyl (C=O) groups is 1. The Balaban J connectivity index is 1.24. The van der Waals surface area contributed by atoms with Crippen molar-refractivity contribution in [3.05, 3.63) is 71.2 Å². The Morgan fingerprint density at radius 2 is 2.02 bits per heavy atom. The zero-order valence-corrected chi connectivity index (χ0v) is 23.4. The molecule has 0 bridgehead atoms. The summed E-state index contributed by atoms with van der Waals surface area (Å²) in [5.74, 6) is 1.69. The number of rotatable bonds is 7. The van der Waals surface area contributed by atoms with Crippen LogP contribution in [0.1, 0.15) is 65.7 Å². The van der Waals surface area contributed by atoms with Crippen molar-refractivity contribution in [1.82, 2.24) is 29.7 Å². The molecule has 2 aromatic heterocycles. The van der Waals surface area contributed by atoms with Crippen LogP contribution >= 0.6 is 0 Å². The number of carbonyl (C=O) groups excluding carboxylic acids is 1. The highest BCUT2D eigenvalue weighted by Crippen LogP contribution is 2.45.